The molecule has 1 aliphatic heterocycles. The Balaban J connectivity index is 0.000000490. The Kier molecular flexibility index (Phi) is 3.04. The molecular formula is C5H7LiO2. The second-order valence-electron chi connectivity index (χ2n) is 1.67. The van der Waals surface area contributed by atoms with Crippen molar-refractivity contribution in [1.82, 2.24) is 0 Å². The normalized spacial score (nSPS) is 17.6. The molecule has 0 unspecified atom stereocenters. The summed E-state index contributed by atoms with van der Waals surface area (Å²) < 4.78 is 4.59. The molecule has 0 spiro atoms. The van der Waals surface area contributed by atoms with Gasteiger partial charge in [0.1, 0.15) is 0 Å². The van der Waals surface area contributed by atoms with Crippen molar-refractivity contribution in [2.75, 3.05) is 6.61 Å². The van der Waals surface area contributed by atoms with Crippen LogP contribution < -0.4 is 24.0 Å². The number of hydrogen-bond donors (Lipinski definition) is 0. The van der Waals surface area contributed by atoms with Crippen LogP contribution in [0.1, 0.15) is 13.3 Å². The van der Waals surface area contributed by atoms with E-state index < -0.39 is 0 Å². The molecule has 3 heteroatoms. The van der Waals surface area contributed by atoms with Crippen LogP contribution >= 0.6 is 0 Å². The van der Waals surface area contributed by atoms with Gasteiger partial charge in [0.15, 0.2) is 0 Å². The van der Waals surface area contributed by atoms with Gasteiger partial charge in [-0.15, -0.1) is 0 Å². The second-order valence-corrected chi connectivity index (χ2v) is 1.67. The average Bonchev–Trinajstić information content (AvgIpc) is 1.91. The van der Waals surface area contributed by atoms with Crippen molar-refractivity contribution in [2.24, 2.45) is 0 Å². The molecular weight excluding hydrogens is 99.0 g/mol. The standard InChI is InChI=1S/C5H8O2.Li/c1-4-2-3-7-5(4)6;/h6H,2-3H2,1H3;/q;+1/p-1. The van der Waals surface area contributed by atoms with Gasteiger partial charge in [-0.3, -0.25) is 0 Å². The summed E-state index contributed by atoms with van der Waals surface area (Å²) in [4.78, 5) is 0. The van der Waals surface area contributed by atoms with Gasteiger partial charge in [-0.1, -0.05) is 5.57 Å². The summed E-state index contributed by atoms with van der Waals surface area (Å²) in [5.74, 6) is -0.125. The van der Waals surface area contributed by atoms with Gasteiger partial charge in [-0.05, 0) is 20.0 Å². The summed E-state index contributed by atoms with van der Waals surface area (Å²) in [6, 6.07) is 0. The third-order valence-corrected chi connectivity index (χ3v) is 1.06. The van der Waals surface area contributed by atoms with Crippen molar-refractivity contribution in [1.29, 1.82) is 0 Å². The quantitative estimate of drug-likeness (QED) is 0.308. The largest absolute Gasteiger partial charge is 1.00 e. The Morgan fingerprint density at radius 1 is 1.62 bits per heavy atom. The zero-order chi connectivity index (χ0) is 5.28. The first-order valence-corrected chi connectivity index (χ1v) is 2.30. The maximum atomic E-state index is 10.3. The number of hydrogen-bond acceptors (Lipinski definition) is 2. The maximum Gasteiger partial charge on any atom is 1.00 e. The van der Waals surface area contributed by atoms with Gasteiger partial charge in [-0.25, -0.2) is 0 Å². The first kappa shape index (κ1) is 7.94. The zero-order valence-corrected chi connectivity index (χ0v) is 5.23. The fourth-order valence-electron chi connectivity index (χ4n) is 0.522. The molecule has 0 atom stereocenters. The van der Waals surface area contributed by atoms with Gasteiger partial charge in [-0.2, -0.15) is 0 Å². The van der Waals surface area contributed by atoms with E-state index in [2.05, 4.69) is 4.74 Å². The first-order valence-electron chi connectivity index (χ1n) is 2.30. The Hall–Kier alpha value is -0.0626. The van der Waals surface area contributed by atoms with E-state index >= 15 is 0 Å². The Morgan fingerprint density at radius 3 is 2.38 bits per heavy atom. The third-order valence-electron chi connectivity index (χ3n) is 1.06. The minimum atomic E-state index is -0.125. The van der Waals surface area contributed by atoms with Crippen LogP contribution in [0.2, 0.25) is 0 Å². The van der Waals surface area contributed by atoms with Gasteiger partial charge in [0.05, 0.1) is 5.95 Å². The minimum absolute atomic E-state index is 0. The Morgan fingerprint density at radius 2 is 2.25 bits per heavy atom. The SMILES string of the molecule is CC1=C([O-])OCC1.[Li+]. The molecule has 8 heavy (non-hydrogen) atoms. The van der Waals surface area contributed by atoms with E-state index in [1.807, 2.05) is 0 Å². The van der Waals surface area contributed by atoms with Crippen molar-refractivity contribution < 1.29 is 28.7 Å². The molecule has 0 aromatic carbocycles. The topological polar surface area (TPSA) is 32.3 Å². The van der Waals surface area contributed by atoms with E-state index in [9.17, 15) is 5.11 Å². The average molecular weight is 106 g/mol. The van der Waals surface area contributed by atoms with Crippen molar-refractivity contribution in [2.45, 2.75) is 13.3 Å². The molecule has 0 fully saturated rings. The van der Waals surface area contributed by atoms with Crippen LogP contribution in [0.3, 0.4) is 0 Å². The van der Waals surface area contributed by atoms with E-state index in [0.29, 0.717) is 6.61 Å². The van der Waals surface area contributed by atoms with Gasteiger partial charge < -0.3 is 9.84 Å². The molecule has 0 saturated heterocycles. The van der Waals surface area contributed by atoms with E-state index in [1.54, 1.807) is 6.92 Å². The molecule has 1 heterocycles. The zero-order valence-electron chi connectivity index (χ0n) is 5.23. The smallest absolute Gasteiger partial charge is 0.613 e. The summed E-state index contributed by atoms with van der Waals surface area (Å²) in [5.41, 5.74) is 0.847. The van der Waals surface area contributed by atoms with Crippen LogP contribution in [0.15, 0.2) is 11.5 Å². The van der Waals surface area contributed by atoms with Gasteiger partial charge >= 0.3 is 18.9 Å². The predicted octanol–water partition coefficient (Wildman–Crippen LogP) is -3.00. The van der Waals surface area contributed by atoms with Crippen LogP contribution in [0.25, 0.3) is 0 Å². The Bertz CT molecular complexity index is 97.0. The van der Waals surface area contributed by atoms with Crippen molar-refractivity contribution in [3.63, 3.8) is 0 Å². The molecule has 0 N–H and O–H groups in total. The van der Waals surface area contributed by atoms with Crippen LogP contribution in [0.5, 0.6) is 0 Å². The molecule has 0 aliphatic carbocycles. The number of rotatable bonds is 0. The summed E-state index contributed by atoms with van der Waals surface area (Å²) in [5, 5.41) is 10.3. The summed E-state index contributed by atoms with van der Waals surface area (Å²) in [7, 11) is 0. The minimum Gasteiger partial charge on any atom is -0.613 e. The summed E-state index contributed by atoms with van der Waals surface area (Å²) >= 11 is 0. The van der Waals surface area contributed by atoms with Crippen LogP contribution in [0.4, 0.5) is 0 Å². The van der Waals surface area contributed by atoms with Crippen molar-refractivity contribution in [3.8, 4) is 0 Å². The molecule has 1 aliphatic rings. The van der Waals surface area contributed by atoms with Crippen LogP contribution in [0, 0.1) is 0 Å². The second kappa shape index (κ2) is 3.06. The summed E-state index contributed by atoms with van der Waals surface area (Å²) in [6.07, 6.45) is 0.818. The van der Waals surface area contributed by atoms with Crippen molar-refractivity contribution >= 4 is 0 Å². The monoisotopic (exact) mass is 106 g/mol. The van der Waals surface area contributed by atoms with Gasteiger partial charge in [0.2, 0.25) is 0 Å². The molecule has 0 aromatic rings. The molecule has 0 amide bonds. The first-order chi connectivity index (χ1) is 3.30. The molecule has 0 saturated carbocycles. The van der Waals surface area contributed by atoms with Crippen LogP contribution in [-0.2, 0) is 4.74 Å². The van der Waals surface area contributed by atoms with E-state index in [1.165, 1.54) is 0 Å². The van der Waals surface area contributed by atoms with Crippen molar-refractivity contribution in [3.05, 3.63) is 11.5 Å². The van der Waals surface area contributed by atoms with E-state index in [-0.39, 0.29) is 24.8 Å². The fraction of sp³-hybridized carbons (Fsp3) is 0.600. The fourth-order valence-corrected chi connectivity index (χ4v) is 0.522. The Labute approximate surface area is 60.7 Å². The third kappa shape index (κ3) is 1.47. The maximum absolute atomic E-state index is 10.3. The molecule has 0 bridgehead atoms. The van der Waals surface area contributed by atoms with Gasteiger partial charge in [0.25, 0.3) is 0 Å². The molecule has 2 nitrogen and oxygen atoms in total. The molecule has 0 aromatic heterocycles. The van der Waals surface area contributed by atoms with Crippen LogP contribution in [-0.4, -0.2) is 6.61 Å². The van der Waals surface area contributed by atoms with E-state index in [4.69, 9.17) is 0 Å². The molecule has 40 valence electrons. The van der Waals surface area contributed by atoms with Gasteiger partial charge in [0, 0.05) is 0 Å². The molecule has 1 rings (SSSR count). The molecule has 0 radical (unpaired) electrons. The number of ether oxygens (including phenoxy) is 1. The summed E-state index contributed by atoms with van der Waals surface area (Å²) in [6.45, 7) is 2.39. The predicted molar refractivity (Wildman–Crippen MR) is 23.3 cm³/mol. The van der Waals surface area contributed by atoms with E-state index in [0.717, 1.165) is 12.0 Å².